The smallest absolute Gasteiger partial charge is 0.422 e. The summed E-state index contributed by atoms with van der Waals surface area (Å²) in [6.07, 6.45) is -3.53. The number of hydrogen-bond donors (Lipinski definition) is 2. The molecule has 2 aromatic carbocycles. The van der Waals surface area contributed by atoms with Crippen LogP contribution in [0.4, 0.5) is 24.5 Å². The van der Waals surface area contributed by atoms with Crippen LogP contribution in [0.15, 0.2) is 48.5 Å². The molecule has 5 nitrogen and oxygen atoms in total. The molecule has 0 saturated heterocycles. The fourth-order valence-corrected chi connectivity index (χ4v) is 3.02. The molecule has 2 aromatic rings. The fraction of sp³-hybridized carbons (Fsp3) is 0.300. The Morgan fingerprint density at radius 3 is 2.64 bits per heavy atom. The largest absolute Gasteiger partial charge is 0.482 e. The molecular weight excluding hydrogens is 373 g/mol. The van der Waals surface area contributed by atoms with Gasteiger partial charge in [0.1, 0.15) is 5.75 Å². The van der Waals surface area contributed by atoms with Crippen molar-refractivity contribution in [3.8, 4) is 5.75 Å². The minimum absolute atomic E-state index is 0.0579. The third-order valence-electron chi connectivity index (χ3n) is 4.38. The van der Waals surface area contributed by atoms with Crippen LogP contribution in [0.2, 0.25) is 0 Å². The van der Waals surface area contributed by atoms with E-state index in [9.17, 15) is 22.8 Å². The van der Waals surface area contributed by atoms with Gasteiger partial charge in [0.15, 0.2) is 6.61 Å². The lowest BCUT2D eigenvalue weighted by Crippen LogP contribution is -2.30. The highest BCUT2D eigenvalue weighted by Crippen LogP contribution is 2.29. The molecule has 2 N–H and O–H groups in total. The average molecular weight is 392 g/mol. The number of para-hydroxylation sites is 3. The van der Waals surface area contributed by atoms with Crippen molar-refractivity contribution in [2.24, 2.45) is 5.92 Å². The number of fused-ring (bicyclic) bond motifs is 1. The summed E-state index contributed by atoms with van der Waals surface area (Å²) in [4.78, 5) is 24.4. The van der Waals surface area contributed by atoms with E-state index in [-0.39, 0.29) is 29.7 Å². The topological polar surface area (TPSA) is 67.4 Å². The van der Waals surface area contributed by atoms with Crippen molar-refractivity contribution >= 4 is 23.2 Å². The molecule has 0 aliphatic carbocycles. The Kier molecular flexibility index (Phi) is 5.87. The normalized spacial score (nSPS) is 16.1. The molecule has 1 heterocycles. The average Bonchev–Trinajstić information content (AvgIpc) is 2.65. The molecule has 0 saturated carbocycles. The van der Waals surface area contributed by atoms with E-state index < -0.39 is 18.7 Å². The minimum atomic E-state index is -4.47. The van der Waals surface area contributed by atoms with Crippen molar-refractivity contribution < 1.29 is 27.5 Å². The molecule has 0 aromatic heterocycles. The molecular formula is C20H19F3N2O3. The van der Waals surface area contributed by atoms with E-state index in [0.29, 0.717) is 12.8 Å². The molecule has 0 radical (unpaired) electrons. The van der Waals surface area contributed by atoms with Crippen LogP contribution < -0.4 is 15.4 Å². The van der Waals surface area contributed by atoms with Crippen LogP contribution in [0.5, 0.6) is 5.75 Å². The predicted octanol–water partition coefficient (Wildman–Crippen LogP) is 4.16. The molecule has 0 bridgehead atoms. The number of anilines is 2. The van der Waals surface area contributed by atoms with Crippen molar-refractivity contribution in [3.63, 3.8) is 0 Å². The first-order chi connectivity index (χ1) is 13.3. The summed E-state index contributed by atoms with van der Waals surface area (Å²) in [7, 11) is 0. The highest BCUT2D eigenvalue weighted by Gasteiger charge is 2.29. The summed E-state index contributed by atoms with van der Waals surface area (Å²) in [6.45, 7) is -1.44. The second-order valence-electron chi connectivity index (χ2n) is 6.53. The Hall–Kier alpha value is -3.03. The number of alkyl halides is 3. The maximum Gasteiger partial charge on any atom is 0.422 e. The standard InChI is InChI=1S/C20H19F3N2O3/c21-20(22,23)12-28-17-8-4-3-7-16(17)24-18(26)10-9-14-11-13-5-1-2-6-15(13)25-19(14)27/h1-8,14H,9-12H2,(H,24,26)(H,25,27)/t14-/m1/s1. The number of halogens is 3. The van der Waals surface area contributed by atoms with Crippen LogP contribution in [0, 0.1) is 5.92 Å². The lowest BCUT2D eigenvalue weighted by Gasteiger charge is -2.24. The maximum atomic E-state index is 12.4. The molecule has 1 atom stereocenters. The van der Waals surface area contributed by atoms with Gasteiger partial charge in [-0.2, -0.15) is 13.2 Å². The van der Waals surface area contributed by atoms with Gasteiger partial charge in [0.05, 0.1) is 5.69 Å². The van der Waals surface area contributed by atoms with Crippen molar-refractivity contribution in [2.45, 2.75) is 25.4 Å². The number of benzene rings is 2. The van der Waals surface area contributed by atoms with Gasteiger partial charge in [-0.15, -0.1) is 0 Å². The summed E-state index contributed by atoms with van der Waals surface area (Å²) in [6, 6.07) is 13.4. The first kappa shape index (κ1) is 19.7. The van der Waals surface area contributed by atoms with E-state index in [0.717, 1.165) is 11.3 Å². The van der Waals surface area contributed by atoms with E-state index >= 15 is 0 Å². The SMILES string of the molecule is O=C(CC[C@@H]1Cc2ccccc2NC1=O)Nc1ccccc1OCC(F)(F)F. The Balaban J connectivity index is 1.56. The lowest BCUT2D eigenvalue weighted by molar-refractivity contribution is -0.153. The summed E-state index contributed by atoms with van der Waals surface area (Å²) in [5, 5.41) is 5.38. The number of nitrogens with one attached hydrogen (secondary N) is 2. The number of rotatable bonds is 6. The van der Waals surface area contributed by atoms with Gasteiger partial charge < -0.3 is 15.4 Å². The van der Waals surface area contributed by atoms with Gasteiger partial charge in [-0.05, 0) is 36.6 Å². The van der Waals surface area contributed by atoms with Crippen molar-refractivity contribution in [2.75, 3.05) is 17.2 Å². The Morgan fingerprint density at radius 2 is 1.86 bits per heavy atom. The van der Waals surface area contributed by atoms with Crippen LogP contribution in [-0.2, 0) is 16.0 Å². The van der Waals surface area contributed by atoms with Gasteiger partial charge >= 0.3 is 6.18 Å². The molecule has 0 spiro atoms. The van der Waals surface area contributed by atoms with Crippen molar-refractivity contribution in [3.05, 3.63) is 54.1 Å². The van der Waals surface area contributed by atoms with E-state index in [2.05, 4.69) is 10.6 Å². The van der Waals surface area contributed by atoms with Crippen LogP contribution in [0.1, 0.15) is 18.4 Å². The third kappa shape index (κ3) is 5.25. The van der Waals surface area contributed by atoms with E-state index in [4.69, 9.17) is 4.74 Å². The van der Waals surface area contributed by atoms with Gasteiger partial charge in [-0.3, -0.25) is 9.59 Å². The minimum Gasteiger partial charge on any atom is -0.482 e. The highest BCUT2D eigenvalue weighted by atomic mass is 19.4. The van der Waals surface area contributed by atoms with Gasteiger partial charge in [0, 0.05) is 18.0 Å². The van der Waals surface area contributed by atoms with Crippen LogP contribution >= 0.6 is 0 Å². The second-order valence-corrected chi connectivity index (χ2v) is 6.53. The molecule has 1 aliphatic rings. The van der Waals surface area contributed by atoms with Crippen molar-refractivity contribution in [1.29, 1.82) is 0 Å². The number of carbonyl (C=O) groups is 2. The molecule has 8 heteroatoms. The van der Waals surface area contributed by atoms with Crippen LogP contribution in [0.25, 0.3) is 0 Å². The summed E-state index contributed by atoms with van der Waals surface area (Å²) in [5.74, 6) is -0.926. The summed E-state index contributed by atoms with van der Waals surface area (Å²) in [5.41, 5.74) is 1.96. The van der Waals surface area contributed by atoms with E-state index in [1.54, 1.807) is 6.07 Å². The molecule has 0 unspecified atom stereocenters. The Bertz CT molecular complexity index is 868. The number of hydrogen-bond acceptors (Lipinski definition) is 3. The van der Waals surface area contributed by atoms with Crippen LogP contribution in [0.3, 0.4) is 0 Å². The quantitative estimate of drug-likeness (QED) is 0.776. The first-order valence-corrected chi connectivity index (χ1v) is 8.79. The monoisotopic (exact) mass is 392 g/mol. The molecule has 28 heavy (non-hydrogen) atoms. The lowest BCUT2D eigenvalue weighted by atomic mass is 9.89. The molecule has 148 valence electrons. The van der Waals surface area contributed by atoms with E-state index in [1.807, 2.05) is 24.3 Å². The van der Waals surface area contributed by atoms with Gasteiger partial charge in [0.25, 0.3) is 0 Å². The first-order valence-electron chi connectivity index (χ1n) is 8.79. The second kappa shape index (κ2) is 8.33. The third-order valence-corrected chi connectivity index (χ3v) is 4.38. The zero-order chi connectivity index (χ0) is 20.1. The van der Waals surface area contributed by atoms with Gasteiger partial charge in [-0.1, -0.05) is 30.3 Å². The molecule has 1 aliphatic heterocycles. The number of amides is 2. The number of ether oxygens (including phenoxy) is 1. The molecule has 0 fully saturated rings. The van der Waals surface area contributed by atoms with Gasteiger partial charge in [0.2, 0.25) is 11.8 Å². The summed E-state index contributed by atoms with van der Waals surface area (Å²) >= 11 is 0. The highest BCUT2D eigenvalue weighted by molar-refractivity contribution is 5.97. The molecule has 3 rings (SSSR count). The Labute approximate surface area is 159 Å². The van der Waals surface area contributed by atoms with E-state index in [1.165, 1.54) is 18.2 Å². The zero-order valence-electron chi connectivity index (χ0n) is 14.9. The fourth-order valence-electron chi connectivity index (χ4n) is 3.02. The Morgan fingerprint density at radius 1 is 1.14 bits per heavy atom. The molecule has 2 amide bonds. The maximum absolute atomic E-state index is 12.4. The predicted molar refractivity (Wildman–Crippen MR) is 98.1 cm³/mol. The zero-order valence-corrected chi connectivity index (χ0v) is 14.9. The summed E-state index contributed by atoms with van der Waals surface area (Å²) < 4.78 is 41.8. The van der Waals surface area contributed by atoms with Gasteiger partial charge in [-0.25, -0.2) is 0 Å². The van der Waals surface area contributed by atoms with Crippen LogP contribution in [-0.4, -0.2) is 24.6 Å². The van der Waals surface area contributed by atoms with Crippen molar-refractivity contribution in [1.82, 2.24) is 0 Å². The number of carbonyl (C=O) groups excluding carboxylic acids is 2.